The summed E-state index contributed by atoms with van der Waals surface area (Å²) in [5, 5.41) is 3.23. The second kappa shape index (κ2) is 9.77. The Hall–Kier alpha value is -2.43. The van der Waals surface area contributed by atoms with E-state index < -0.39 is 0 Å². The molecular weight excluding hydrogens is 312 g/mol. The van der Waals surface area contributed by atoms with Crippen LogP contribution in [0.1, 0.15) is 54.9 Å². The Bertz CT molecular complexity index is 673. The van der Waals surface area contributed by atoms with Gasteiger partial charge in [-0.3, -0.25) is 4.79 Å². The van der Waals surface area contributed by atoms with Crippen molar-refractivity contribution in [2.45, 2.75) is 46.6 Å². The lowest BCUT2D eigenvalue weighted by Crippen LogP contribution is -2.31. The molecule has 0 unspecified atom stereocenters. The number of hydrogen-bond acceptors (Lipinski definition) is 4. The first-order valence-electron chi connectivity index (χ1n) is 9.06. The summed E-state index contributed by atoms with van der Waals surface area (Å²) in [5.41, 5.74) is 2.36. The summed E-state index contributed by atoms with van der Waals surface area (Å²) in [6.07, 6.45) is 3.42. The van der Waals surface area contributed by atoms with E-state index in [0.717, 1.165) is 24.2 Å². The highest BCUT2D eigenvalue weighted by atomic mass is 16.2. The molecule has 0 bridgehead atoms. The smallest absolute Gasteiger partial charge is 0.272 e. The van der Waals surface area contributed by atoms with E-state index in [1.54, 1.807) is 11.0 Å². The van der Waals surface area contributed by atoms with Gasteiger partial charge in [0.15, 0.2) is 0 Å². The van der Waals surface area contributed by atoms with Gasteiger partial charge in [-0.05, 0) is 31.9 Å². The lowest BCUT2D eigenvalue weighted by molar-refractivity contribution is 0.0746. The molecule has 1 amide bonds. The van der Waals surface area contributed by atoms with E-state index in [0.29, 0.717) is 24.7 Å². The van der Waals surface area contributed by atoms with Crippen LogP contribution < -0.4 is 5.32 Å². The molecule has 0 aliphatic rings. The average Bonchev–Trinajstić information content (AvgIpc) is 2.63. The molecule has 1 aromatic carbocycles. The number of carbonyl (C=O) groups excluding carboxylic acids is 1. The van der Waals surface area contributed by atoms with Crippen LogP contribution in [-0.4, -0.2) is 33.9 Å². The predicted octanol–water partition coefficient (Wildman–Crippen LogP) is 4.05. The van der Waals surface area contributed by atoms with Crippen molar-refractivity contribution in [3.05, 3.63) is 53.3 Å². The first-order chi connectivity index (χ1) is 12.1. The Kier molecular flexibility index (Phi) is 7.38. The highest BCUT2D eigenvalue weighted by Crippen LogP contribution is 2.11. The number of aryl methyl sites for hydroxylation is 1. The Morgan fingerprint density at radius 1 is 1.12 bits per heavy atom. The normalized spacial score (nSPS) is 10.5. The lowest BCUT2D eigenvalue weighted by atomic mass is 10.2. The fraction of sp³-hybridized carbons (Fsp3) is 0.450. The molecule has 0 saturated carbocycles. The number of benzene rings is 1. The van der Waals surface area contributed by atoms with E-state index in [2.05, 4.69) is 22.2 Å². The number of carbonyl (C=O) groups is 1. The maximum Gasteiger partial charge on any atom is 0.272 e. The number of nitrogens with zero attached hydrogens (tertiary/aromatic N) is 3. The molecule has 2 aromatic rings. The summed E-state index contributed by atoms with van der Waals surface area (Å²) < 4.78 is 0. The Morgan fingerprint density at radius 3 is 2.56 bits per heavy atom. The maximum absolute atomic E-state index is 12.9. The zero-order chi connectivity index (χ0) is 18.1. The molecule has 25 heavy (non-hydrogen) atoms. The van der Waals surface area contributed by atoms with Gasteiger partial charge in [0.05, 0.1) is 0 Å². The van der Waals surface area contributed by atoms with E-state index in [9.17, 15) is 4.79 Å². The summed E-state index contributed by atoms with van der Waals surface area (Å²) in [5.74, 6) is 0.476. The summed E-state index contributed by atoms with van der Waals surface area (Å²) in [7, 11) is 0. The third-order valence-electron chi connectivity index (χ3n) is 4.02. The number of aromatic nitrogens is 2. The quantitative estimate of drug-likeness (QED) is 0.700. The van der Waals surface area contributed by atoms with Crippen molar-refractivity contribution in [2.24, 2.45) is 0 Å². The van der Waals surface area contributed by atoms with Gasteiger partial charge in [-0.15, -0.1) is 0 Å². The molecule has 0 saturated heterocycles. The van der Waals surface area contributed by atoms with Crippen molar-refractivity contribution in [1.29, 1.82) is 0 Å². The van der Waals surface area contributed by atoms with Crippen molar-refractivity contribution in [3.63, 3.8) is 0 Å². The molecule has 0 radical (unpaired) electrons. The molecule has 1 aromatic heterocycles. The van der Waals surface area contributed by atoms with Crippen LogP contribution in [0.3, 0.4) is 0 Å². The fourth-order valence-corrected chi connectivity index (χ4v) is 2.63. The first kappa shape index (κ1) is 18.9. The van der Waals surface area contributed by atoms with Crippen molar-refractivity contribution in [2.75, 3.05) is 18.4 Å². The molecule has 0 aliphatic carbocycles. The average molecular weight is 340 g/mol. The number of hydrogen-bond donors (Lipinski definition) is 1. The fourth-order valence-electron chi connectivity index (χ4n) is 2.63. The van der Waals surface area contributed by atoms with E-state index in [-0.39, 0.29) is 5.91 Å². The van der Waals surface area contributed by atoms with E-state index >= 15 is 0 Å². The number of unbranched alkanes of at least 4 members (excludes halogenated alkanes) is 2. The summed E-state index contributed by atoms with van der Waals surface area (Å²) in [6, 6.07) is 11.8. The largest absolute Gasteiger partial charge is 0.354 e. The molecule has 134 valence electrons. The molecule has 1 N–H and O–H groups in total. The van der Waals surface area contributed by atoms with E-state index in [1.165, 1.54) is 12.8 Å². The second-order valence-corrected chi connectivity index (χ2v) is 6.16. The van der Waals surface area contributed by atoms with E-state index in [4.69, 9.17) is 0 Å². The number of rotatable bonds is 9. The van der Waals surface area contributed by atoms with Crippen LogP contribution in [0.4, 0.5) is 5.95 Å². The molecule has 0 fully saturated rings. The zero-order valence-electron chi connectivity index (χ0n) is 15.5. The standard InChI is InChI=1S/C20H28N4O/c1-4-6-10-13-21-20-22-16(3)14-18(23-20)19(25)24(5-2)15-17-11-8-7-9-12-17/h7-9,11-12,14H,4-6,10,13,15H2,1-3H3,(H,21,22,23). The highest BCUT2D eigenvalue weighted by Gasteiger charge is 2.17. The van der Waals surface area contributed by atoms with Crippen molar-refractivity contribution >= 4 is 11.9 Å². The van der Waals surface area contributed by atoms with Gasteiger partial charge in [0, 0.05) is 25.3 Å². The molecule has 5 nitrogen and oxygen atoms in total. The van der Waals surface area contributed by atoms with Crippen molar-refractivity contribution < 1.29 is 4.79 Å². The number of nitrogens with one attached hydrogen (secondary N) is 1. The Balaban J connectivity index is 2.09. The van der Waals surface area contributed by atoms with Gasteiger partial charge in [0.1, 0.15) is 5.69 Å². The van der Waals surface area contributed by atoms with Gasteiger partial charge in [-0.1, -0.05) is 50.1 Å². The monoisotopic (exact) mass is 340 g/mol. The Labute approximate surface area is 150 Å². The zero-order valence-corrected chi connectivity index (χ0v) is 15.5. The summed E-state index contributed by atoms with van der Waals surface area (Å²) in [6.45, 7) is 8.09. The third kappa shape index (κ3) is 5.85. The first-order valence-corrected chi connectivity index (χ1v) is 9.06. The molecule has 0 spiro atoms. The van der Waals surface area contributed by atoms with Gasteiger partial charge in [0.2, 0.25) is 5.95 Å². The van der Waals surface area contributed by atoms with Gasteiger partial charge in [0.25, 0.3) is 5.91 Å². The molecule has 1 heterocycles. The van der Waals surface area contributed by atoms with Gasteiger partial charge in [-0.2, -0.15) is 0 Å². The van der Waals surface area contributed by atoms with Crippen LogP contribution in [0.15, 0.2) is 36.4 Å². The van der Waals surface area contributed by atoms with Crippen molar-refractivity contribution in [3.8, 4) is 0 Å². The molecular formula is C20H28N4O. The molecule has 0 atom stereocenters. The maximum atomic E-state index is 12.9. The SMILES string of the molecule is CCCCCNc1nc(C)cc(C(=O)N(CC)Cc2ccccc2)n1. The van der Waals surface area contributed by atoms with Gasteiger partial charge < -0.3 is 10.2 Å². The van der Waals surface area contributed by atoms with Crippen LogP contribution in [0.2, 0.25) is 0 Å². The summed E-state index contributed by atoms with van der Waals surface area (Å²) in [4.78, 5) is 23.5. The van der Waals surface area contributed by atoms with Gasteiger partial charge >= 0.3 is 0 Å². The predicted molar refractivity (Wildman–Crippen MR) is 102 cm³/mol. The minimum absolute atomic E-state index is 0.0616. The minimum atomic E-state index is -0.0616. The summed E-state index contributed by atoms with van der Waals surface area (Å²) >= 11 is 0. The topological polar surface area (TPSA) is 58.1 Å². The molecule has 5 heteroatoms. The van der Waals surface area contributed by atoms with Gasteiger partial charge in [-0.25, -0.2) is 9.97 Å². The second-order valence-electron chi connectivity index (χ2n) is 6.16. The van der Waals surface area contributed by atoms with Crippen LogP contribution in [0.25, 0.3) is 0 Å². The lowest BCUT2D eigenvalue weighted by Gasteiger charge is -2.21. The van der Waals surface area contributed by atoms with Crippen LogP contribution in [0, 0.1) is 6.92 Å². The minimum Gasteiger partial charge on any atom is -0.354 e. The van der Waals surface area contributed by atoms with E-state index in [1.807, 2.05) is 44.2 Å². The number of amides is 1. The molecule has 2 rings (SSSR count). The van der Waals surface area contributed by atoms with Crippen molar-refractivity contribution in [1.82, 2.24) is 14.9 Å². The van der Waals surface area contributed by atoms with Crippen LogP contribution in [-0.2, 0) is 6.54 Å². The third-order valence-corrected chi connectivity index (χ3v) is 4.02. The highest BCUT2D eigenvalue weighted by molar-refractivity contribution is 5.92. The number of anilines is 1. The van der Waals surface area contributed by atoms with Crippen LogP contribution >= 0.6 is 0 Å². The molecule has 0 aliphatic heterocycles. The van der Waals surface area contributed by atoms with Crippen LogP contribution in [0.5, 0.6) is 0 Å². The Morgan fingerprint density at radius 2 is 1.88 bits per heavy atom.